The van der Waals surface area contributed by atoms with Gasteiger partial charge in [0.15, 0.2) is 0 Å². The molecule has 0 aromatic rings. The number of hydrogen-bond donors (Lipinski definition) is 1. The molecule has 80 valence electrons. The highest BCUT2D eigenvalue weighted by Gasteiger charge is 2.35. The lowest BCUT2D eigenvalue weighted by atomic mass is 10.2. The second-order valence-corrected chi connectivity index (χ2v) is 4.19. The quantitative estimate of drug-likeness (QED) is 0.695. The van der Waals surface area contributed by atoms with Gasteiger partial charge < -0.3 is 9.64 Å². The summed E-state index contributed by atoms with van der Waals surface area (Å²) in [6, 6.07) is -0.0357. The van der Waals surface area contributed by atoms with Crippen molar-refractivity contribution >= 4 is 5.91 Å². The van der Waals surface area contributed by atoms with E-state index >= 15 is 0 Å². The van der Waals surface area contributed by atoms with Crippen molar-refractivity contribution in [3.05, 3.63) is 0 Å². The van der Waals surface area contributed by atoms with Crippen LogP contribution in [-0.2, 0) is 9.53 Å². The summed E-state index contributed by atoms with van der Waals surface area (Å²) in [6.07, 6.45) is 2.63. The molecule has 14 heavy (non-hydrogen) atoms. The molecule has 0 spiro atoms. The largest absolute Gasteiger partial charge is 0.376 e. The van der Waals surface area contributed by atoms with Crippen molar-refractivity contribution in [2.24, 2.45) is 0 Å². The zero-order valence-corrected chi connectivity index (χ0v) is 8.82. The first-order valence-corrected chi connectivity index (χ1v) is 5.36. The molecule has 0 aliphatic carbocycles. The molecule has 2 rings (SSSR count). The molecule has 4 nitrogen and oxygen atoms in total. The molecule has 3 unspecified atom stereocenters. The molecule has 2 fully saturated rings. The zero-order chi connectivity index (χ0) is 10.1. The molecule has 0 bridgehead atoms. The average Bonchev–Trinajstić information content (AvgIpc) is 2.71. The van der Waals surface area contributed by atoms with Crippen molar-refractivity contribution in [1.82, 2.24) is 10.2 Å². The molecule has 2 saturated heterocycles. The first-order valence-electron chi connectivity index (χ1n) is 5.36. The third-order valence-corrected chi connectivity index (χ3v) is 3.04. The average molecular weight is 198 g/mol. The van der Waals surface area contributed by atoms with Gasteiger partial charge in [-0.2, -0.15) is 0 Å². The fourth-order valence-electron chi connectivity index (χ4n) is 2.22. The van der Waals surface area contributed by atoms with Crippen LogP contribution in [0.5, 0.6) is 0 Å². The van der Waals surface area contributed by atoms with Gasteiger partial charge in [0.2, 0.25) is 5.91 Å². The lowest BCUT2D eigenvalue weighted by Gasteiger charge is -2.23. The van der Waals surface area contributed by atoms with Crippen LogP contribution in [0.15, 0.2) is 0 Å². The van der Waals surface area contributed by atoms with Gasteiger partial charge in [0.25, 0.3) is 0 Å². The minimum atomic E-state index is -0.0357. The third-order valence-electron chi connectivity index (χ3n) is 3.04. The summed E-state index contributed by atoms with van der Waals surface area (Å²) < 4.78 is 5.53. The highest BCUT2D eigenvalue weighted by molar-refractivity contribution is 5.83. The monoisotopic (exact) mass is 198 g/mol. The maximum Gasteiger partial charge on any atom is 0.240 e. The van der Waals surface area contributed by atoms with E-state index in [9.17, 15) is 4.79 Å². The predicted molar refractivity (Wildman–Crippen MR) is 52.7 cm³/mol. The van der Waals surface area contributed by atoms with Crippen molar-refractivity contribution in [3.63, 3.8) is 0 Å². The first-order chi connectivity index (χ1) is 6.68. The Bertz CT molecular complexity index is 226. The summed E-state index contributed by atoms with van der Waals surface area (Å²) in [4.78, 5) is 13.6. The molecule has 1 N–H and O–H groups in total. The number of nitrogens with zero attached hydrogens (tertiary/aromatic N) is 1. The van der Waals surface area contributed by atoms with Crippen molar-refractivity contribution < 1.29 is 9.53 Å². The smallest absolute Gasteiger partial charge is 0.240 e. The van der Waals surface area contributed by atoms with Gasteiger partial charge in [-0.3, -0.25) is 10.1 Å². The molecule has 0 aromatic heterocycles. The second kappa shape index (κ2) is 3.87. The van der Waals surface area contributed by atoms with E-state index < -0.39 is 0 Å². The van der Waals surface area contributed by atoms with Crippen LogP contribution in [0.4, 0.5) is 0 Å². The van der Waals surface area contributed by atoms with E-state index in [4.69, 9.17) is 4.74 Å². The van der Waals surface area contributed by atoms with E-state index in [1.807, 2.05) is 18.7 Å². The van der Waals surface area contributed by atoms with E-state index in [-0.39, 0.29) is 24.2 Å². The van der Waals surface area contributed by atoms with Gasteiger partial charge in [-0.15, -0.1) is 0 Å². The minimum Gasteiger partial charge on any atom is -0.376 e. The van der Waals surface area contributed by atoms with Crippen molar-refractivity contribution in [2.75, 3.05) is 13.2 Å². The summed E-state index contributed by atoms with van der Waals surface area (Å²) in [5.74, 6) is 0.202. The lowest BCUT2D eigenvalue weighted by Crippen LogP contribution is -2.40. The van der Waals surface area contributed by atoms with Gasteiger partial charge in [0.1, 0.15) is 0 Å². The number of carbonyl (C=O) groups excluding carboxylic acids is 1. The number of amides is 1. The van der Waals surface area contributed by atoms with Crippen LogP contribution in [-0.4, -0.2) is 42.3 Å². The molecular formula is C10H18N2O2. The highest BCUT2D eigenvalue weighted by atomic mass is 16.5. The molecule has 2 aliphatic rings. The Morgan fingerprint density at radius 2 is 2.36 bits per heavy atom. The Hall–Kier alpha value is -0.610. The topological polar surface area (TPSA) is 41.6 Å². The van der Waals surface area contributed by atoms with Gasteiger partial charge in [-0.25, -0.2) is 0 Å². The van der Waals surface area contributed by atoms with E-state index in [0.717, 1.165) is 26.0 Å². The summed E-state index contributed by atoms with van der Waals surface area (Å²) in [5.41, 5.74) is 0. The summed E-state index contributed by atoms with van der Waals surface area (Å²) in [7, 11) is 0. The normalized spacial score (nSPS) is 38.3. The third kappa shape index (κ3) is 1.77. The Balaban J connectivity index is 1.92. The van der Waals surface area contributed by atoms with E-state index in [2.05, 4.69) is 5.32 Å². The minimum absolute atomic E-state index is 0.0357. The fraction of sp³-hybridized carbons (Fsp3) is 0.900. The standard InChI is InChI=1S/C10H18N2O2/c1-7-10(13)12(8(2)11-7)6-9-4-3-5-14-9/h7-9,11H,3-6H2,1-2H3. The maximum atomic E-state index is 11.7. The number of ether oxygens (including phenoxy) is 1. The Morgan fingerprint density at radius 1 is 1.57 bits per heavy atom. The van der Waals surface area contributed by atoms with Crippen molar-refractivity contribution in [3.8, 4) is 0 Å². The van der Waals surface area contributed by atoms with Gasteiger partial charge in [-0.05, 0) is 26.7 Å². The Kier molecular flexibility index (Phi) is 2.74. The molecule has 2 heterocycles. The highest BCUT2D eigenvalue weighted by Crippen LogP contribution is 2.17. The molecule has 3 atom stereocenters. The van der Waals surface area contributed by atoms with Gasteiger partial charge in [0.05, 0.1) is 18.3 Å². The van der Waals surface area contributed by atoms with Crippen LogP contribution in [0.1, 0.15) is 26.7 Å². The van der Waals surface area contributed by atoms with Crippen LogP contribution >= 0.6 is 0 Å². The maximum absolute atomic E-state index is 11.7. The molecule has 0 radical (unpaired) electrons. The van der Waals surface area contributed by atoms with E-state index in [1.165, 1.54) is 0 Å². The summed E-state index contributed by atoms with van der Waals surface area (Å²) in [6.45, 7) is 5.53. The number of nitrogens with one attached hydrogen (secondary N) is 1. The molecule has 4 heteroatoms. The van der Waals surface area contributed by atoms with E-state index in [1.54, 1.807) is 0 Å². The molecular weight excluding hydrogens is 180 g/mol. The van der Waals surface area contributed by atoms with Crippen molar-refractivity contribution in [1.29, 1.82) is 0 Å². The van der Waals surface area contributed by atoms with Gasteiger partial charge >= 0.3 is 0 Å². The van der Waals surface area contributed by atoms with E-state index in [0.29, 0.717) is 0 Å². The summed E-state index contributed by atoms with van der Waals surface area (Å²) in [5, 5.41) is 3.21. The summed E-state index contributed by atoms with van der Waals surface area (Å²) >= 11 is 0. The SMILES string of the molecule is CC1NC(C)N(CC2CCCO2)C1=O. The van der Waals surface area contributed by atoms with Crippen LogP contribution in [0, 0.1) is 0 Å². The number of hydrogen-bond acceptors (Lipinski definition) is 3. The molecule has 0 aromatic carbocycles. The van der Waals surface area contributed by atoms with Gasteiger partial charge in [-0.1, -0.05) is 0 Å². The van der Waals surface area contributed by atoms with Crippen LogP contribution in [0.2, 0.25) is 0 Å². The number of carbonyl (C=O) groups is 1. The Labute approximate surface area is 84.6 Å². The van der Waals surface area contributed by atoms with Crippen molar-refractivity contribution in [2.45, 2.75) is 45.0 Å². The zero-order valence-electron chi connectivity index (χ0n) is 8.82. The van der Waals surface area contributed by atoms with Crippen LogP contribution in [0.25, 0.3) is 0 Å². The number of rotatable bonds is 2. The first kappa shape index (κ1) is 9.93. The molecule has 1 amide bonds. The second-order valence-electron chi connectivity index (χ2n) is 4.19. The van der Waals surface area contributed by atoms with Gasteiger partial charge in [0, 0.05) is 13.2 Å². The molecule has 0 saturated carbocycles. The fourth-order valence-corrected chi connectivity index (χ4v) is 2.22. The lowest BCUT2D eigenvalue weighted by molar-refractivity contribution is -0.131. The van der Waals surface area contributed by atoms with Crippen LogP contribution in [0.3, 0.4) is 0 Å². The van der Waals surface area contributed by atoms with Crippen LogP contribution < -0.4 is 5.32 Å². The molecule has 2 aliphatic heterocycles. The predicted octanol–water partition coefficient (Wildman–Crippen LogP) is 0.332. The Morgan fingerprint density at radius 3 is 2.86 bits per heavy atom.